The summed E-state index contributed by atoms with van der Waals surface area (Å²) in [4.78, 5) is 0. The molecule has 274 valence electrons. The van der Waals surface area contributed by atoms with E-state index in [1.54, 1.807) is 0 Å². The van der Waals surface area contributed by atoms with Gasteiger partial charge in [0.25, 0.3) is 0 Å². The standard InChI is InChI=1S/C59H38/c1-58(2,3)34-26-27-36-42-28-29-43(39-19-12-20-40(53(39)42)46(36)31-34)56-35-15-5-4-14-33(35)30-47-41-21-13-22-45-54(41)48(57(47)56)32-52-55(45)44-18-8-11-25-51(44)59(52)49-23-9-6-16-37(49)38-17-7-10-24-50(38)59/h4-32H,1-3H3. The van der Waals surface area contributed by atoms with Gasteiger partial charge in [-0.1, -0.05) is 178 Å². The molecule has 10 aromatic rings. The third kappa shape index (κ3) is 3.73. The van der Waals surface area contributed by atoms with Crippen molar-refractivity contribution in [3.63, 3.8) is 0 Å². The summed E-state index contributed by atoms with van der Waals surface area (Å²) < 4.78 is 0. The summed E-state index contributed by atoms with van der Waals surface area (Å²) in [5.41, 5.74) is 25.4. The van der Waals surface area contributed by atoms with E-state index in [0.717, 1.165) is 0 Å². The van der Waals surface area contributed by atoms with E-state index in [-0.39, 0.29) is 5.41 Å². The van der Waals surface area contributed by atoms with E-state index < -0.39 is 5.41 Å². The quantitative estimate of drug-likeness (QED) is 0.157. The molecule has 0 nitrogen and oxygen atoms in total. The average molecular weight is 747 g/mol. The van der Waals surface area contributed by atoms with Crippen LogP contribution in [0.1, 0.15) is 48.6 Å². The molecule has 10 aromatic carbocycles. The van der Waals surface area contributed by atoms with E-state index in [0.29, 0.717) is 0 Å². The molecule has 0 bridgehead atoms. The Bertz CT molecular complexity index is 3540. The lowest BCUT2D eigenvalue weighted by atomic mass is 9.70. The number of hydrogen-bond acceptors (Lipinski definition) is 0. The molecule has 14 rings (SSSR count). The Hall–Kier alpha value is -7.02. The van der Waals surface area contributed by atoms with E-state index in [4.69, 9.17) is 0 Å². The van der Waals surface area contributed by atoms with Crippen molar-refractivity contribution in [1.29, 1.82) is 0 Å². The van der Waals surface area contributed by atoms with Crippen molar-refractivity contribution in [2.24, 2.45) is 0 Å². The molecule has 0 aliphatic heterocycles. The van der Waals surface area contributed by atoms with Crippen LogP contribution in [-0.4, -0.2) is 0 Å². The monoisotopic (exact) mass is 746 g/mol. The predicted octanol–water partition coefficient (Wildman–Crippen LogP) is 15.7. The maximum Gasteiger partial charge on any atom is 0.0725 e. The van der Waals surface area contributed by atoms with E-state index in [9.17, 15) is 0 Å². The molecule has 1 spiro atoms. The highest BCUT2D eigenvalue weighted by Crippen LogP contribution is 2.66. The molecule has 4 aliphatic rings. The van der Waals surface area contributed by atoms with Crippen LogP contribution in [0.2, 0.25) is 0 Å². The zero-order valence-corrected chi connectivity index (χ0v) is 33.2. The van der Waals surface area contributed by atoms with E-state index in [2.05, 4.69) is 197 Å². The van der Waals surface area contributed by atoms with Gasteiger partial charge in [-0.05, 0) is 162 Å². The molecule has 0 radical (unpaired) electrons. The maximum atomic E-state index is 2.63. The Morgan fingerprint density at radius 3 is 1.59 bits per heavy atom. The molecule has 0 fully saturated rings. The van der Waals surface area contributed by atoms with Crippen LogP contribution >= 0.6 is 0 Å². The summed E-state index contributed by atoms with van der Waals surface area (Å²) in [6, 6.07) is 67.9. The lowest BCUT2D eigenvalue weighted by molar-refractivity contribution is 0.590. The van der Waals surface area contributed by atoms with Gasteiger partial charge in [-0.2, -0.15) is 0 Å². The van der Waals surface area contributed by atoms with Crippen LogP contribution in [0.4, 0.5) is 0 Å². The molecule has 59 heavy (non-hydrogen) atoms. The van der Waals surface area contributed by atoms with Gasteiger partial charge >= 0.3 is 0 Å². The molecular formula is C59H38. The van der Waals surface area contributed by atoms with Crippen molar-refractivity contribution in [2.45, 2.75) is 31.6 Å². The lowest BCUT2D eigenvalue weighted by Gasteiger charge is -2.31. The van der Waals surface area contributed by atoms with Gasteiger partial charge in [0.15, 0.2) is 0 Å². The minimum atomic E-state index is -0.417. The topological polar surface area (TPSA) is 0 Å². The Balaban J connectivity index is 1.12. The first-order chi connectivity index (χ1) is 28.9. The van der Waals surface area contributed by atoms with Crippen LogP contribution < -0.4 is 0 Å². The van der Waals surface area contributed by atoms with Gasteiger partial charge in [-0.15, -0.1) is 0 Å². The van der Waals surface area contributed by atoms with Crippen LogP contribution in [0, 0.1) is 0 Å². The van der Waals surface area contributed by atoms with Crippen molar-refractivity contribution >= 4 is 32.3 Å². The van der Waals surface area contributed by atoms with Gasteiger partial charge in [-0.3, -0.25) is 0 Å². The molecule has 0 aromatic heterocycles. The second kappa shape index (κ2) is 10.7. The normalized spacial score (nSPS) is 14.2. The van der Waals surface area contributed by atoms with Crippen LogP contribution in [-0.2, 0) is 10.8 Å². The molecule has 0 saturated heterocycles. The summed E-state index contributed by atoms with van der Waals surface area (Å²) in [5.74, 6) is 0. The highest BCUT2D eigenvalue weighted by atomic mass is 14.5. The van der Waals surface area contributed by atoms with Crippen molar-refractivity contribution in [3.05, 3.63) is 204 Å². The van der Waals surface area contributed by atoms with E-state index in [1.165, 1.54) is 138 Å². The molecule has 4 aliphatic carbocycles. The number of hydrogen-bond donors (Lipinski definition) is 0. The average Bonchev–Trinajstić information content (AvgIpc) is 3.96. The van der Waals surface area contributed by atoms with Crippen LogP contribution in [0.5, 0.6) is 0 Å². The van der Waals surface area contributed by atoms with Crippen molar-refractivity contribution in [2.75, 3.05) is 0 Å². The first kappa shape index (κ1) is 32.0. The Morgan fingerprint density at radius 2 is 0.847 bits per heavy atom. The summed E-state index contributed by atoms with van der Waals surface area (Å²) in [5, 5.41) is 7.99. The van der Waals surface area contributed by atoms with Crippen molar-refractivity contribution in [1.82, 2.24) is 0 Å². The Kier molecular flexibility index (Phi) is 5.81. The van der Waals surface area contributed by atoms with Crippen molar-refractivity contribution in [3.8, 4) is 77.9 Å². The molecular weight excluding hydrogens is 709 g/mol. The molecule has 0 unspecified atom stereocenters. The molecule has 0 N–H and O–H groups in total. The fraction of sp³-hybridized carbons (Fsp3) is 0.0847. The summed E-state index contributed by atoms with van der Waals surface area (Å²) in [6.45, 7) is 6.94. The van der Waals surface area contributed by atoms with Gasteiger partial charge in [0, 0.05) is 0 Å². The predicted molar refractivity (Wildman–Crippen MR) is 248 cm³/mol. The first-order valence-electron chi connectivity index (χ1n) is 21.1. The second-order valence-corrected chi connectivity index (χ2v) is 18.3. The Labute approximate surface area is 344 Å². The number of rotatable bonds is 1. The number of fused-ring (bicyclic) bond motifs is 18. The van der Waals surface area contributed by atoms with Gasteiger partial charge in [0.1, 0.15) is 0 Å². The van der Waals surface area contributed by atoms with Gasteiger partial charge in [0.05, 0.1) is 5.41 Å². The van der Waals surface area contributed by atoms with Crippen LogP contribution in [0.3, 0.4) is 0 Å². The van der Waals surface area contributed by atoms with Crippen LogP contribution in [0.25, 0.3) is 110 Å². The van der Waals surface area contributed by atoms with Gasteiger partial charge < -0.3 is 0 Å². The summed E-state index contributed by atoms with van der Waals surface area (Å²) >= 11 is 0. The SMILES string of the molecule is CC(C)(C)c1ccc2c(c1)-c1cccc3c(-c4c5c(cc6ccccc46)-c4cccc6c7c(cc-5c46)C4(c5ccccc5-c5ccccc54)c4ccccc4-7)ccc-2c13. The molecule has 0 heteroatoms. The highest BCUT2D eigenvalue weighted by Gasteiger charge is 2.52. The summed E-state index contributed by atoms with van der Waals surface area (Å²) in [7, 11) is 0. The molecule has 0 amide bonds. The largest absolute Gasteiger partial charge is 0.0725 e. The van der Waals surface area contributed by atoms with E-state index >= 15 is 0 Å². The third-order valence-electron chi connectivity index (χ3n) is 14.5. The first-order valence-corrected chi connectivity index (χ1v) is 21.1. The maximum absolute atomic E-state index is 2.63. The minimum Gasteiger partial charge on any atom is -0.0619 e. The smallest absolute Gasteiger partial charge is 0.0619 e. The second-order valence-electron chi connectivity index (χ2n) is 18.3. The van der Waals surface area contributed by atoms with Crippen LogP contribution in [0.15, 0.2) is 176 Å². The fourth-order valence-corrected chi connectivity index (χ4v) is 12.1. The third-order valence-corrected chi connectivity index (χ3v) is 14.5. The van der Waals surface area contributed by atoms with Crippen molar-refractivity contribution < 1.29 is 0 Å². The molecule has 0 saturated carbocycles. The number of benzene rings is 10. The fourth-order valence-electron chi connectivity index (χ4n) is 12.1. The Morgan fingerprint density at radius 1 is 0.305 bits per heavy atom. The summed E-state index contributed by atoms with van der Waals surface area (Å²) in [6.07, 6.45) is 0. The molecule has 0 atom stereocenters. The zero-order valence-electron chi connectivity index (χ0n) is 33.2. The van der Waals surface area contributed by atoms with Gasteiger partial charge in [-0.25, -0.2) is 0 Å². The zero-order chi connectivity index (χ0) is 38.9. The highest BCUT2D eigenvalue weighted by molar-refractivity contribution is 6.28. The van der Waals surface area contributed by atoms with Gasteiger partial charge in [0.2, 0.25) is 0 Å². The lowest BCUT2D eigenvalue weighted by Crippen LogP contribution is -2.25. The van der Waals surface area contributed by atoms with E-state index in [1.807, 2.05) is 0 Å². The minimum absolute atomic E-state index is 0.0746. The molecule has 0 heterocycles.